The van der Waals surface area contributed by atoms with Crippen molar-refractivity contribution < 1.29 is 18.3 Å². The first-order valence-corrected chi connectivity index (χ1v) is 10.1. The third kappa shape index (κ3) is 5.31. The molecule has 1 aliphatic heterocycles. The molecule has 30 heavy (non-hydrogen) atoms. The molecule has 0 unspecified atom stereocenters. The second-order valence-corrected chi connectivity index (χ2v) is 7.23. The lowest BCUT2D eigenvalue weighted by Crippen LogP contribution is -2.35. The second-order valence-electron chi connectivity index (χ2n) is 7.23. The first-order chi connectivity index (χ1) is 14.7. The minimum absolute atomic E-state index is 0.124. The van der Waals surface area contributed by atoms with Crippen LogP contribution in [0, 0.1) is 5.82 Å². The number of aryl methyl sites for hydroxylation is 1. The van der Waals surface area contributed by atoms with Gasteiger partial charge in [0.15, 0.2) is 11.7 Å². The molecular formula is C23H24FN3O3. The van der Waals surface area contributed by atoms with Gasteiger partial charge >= 0.3 is 0 Å². The fourth-order valence-corrected chi connectivity index (χ4v) is 3.37. The lowest BCUT2D eigenvalue weighted by Gasteiger charge is -2.26. The quantitative estimate of drug-likeness (QED) is 0.641. The minimum Gasteiger partial charge on any atom is -0.441 e. The van der Waals surface area contributed by atoms with E-state index in [9.17, 15) is 9.18 Å². The summed E-state index contributed by atoms with van der Waals surface area (Å²) in [4.78, 5) is 18.8. The number of nitrogens with one attached hydrogen (secondary N) is 1. The molecule has 1 N–H and O–H groups in total. The van der Waals surface area contributed by atoms with Gasteiger partial charge in [0.25, 0.3) is 0 Å². The van der Waals surface area contributed by atoms with E-state index in [0.29, 0.717) is 23.6 Å². The highest BCUT2D eigenvalue weighted by atomic mass is 19.1. The molecule has 0 saturated carbocycles. The molecule has 1 aromatic heterocycles. The average Bonchev–Trinajstić information content (AvgIpc) is 3.24. The van der Waals surface area contributed by atoms with Crippen molar-refractivity contribution in [2.45, 2.75) is 19.4 Å². The number of nitrogens with zero attached hydrogens (tertiary/aromatic N) is 2. The number of benzene rings is 2. The van der Waals surface area contributed by atoms with Gasteiger partial charge in [-0.15, -0.1) is 0 Å². The van der Waals surface area contributed by atoms with Gasteiger partial charge in [0, 0.05) is 38.2 Å². The Morgan fingerprint density at radius 2 is 1.87 bits per heavy atom. The number of carbonyl (C=O) groups is 1. The number of oxazole rings is 1. The van der Waals surface area contributed by atoms with Crippen LogP contribution in [0.3, 0.4) is 0 Å². The standard InChI is InChI=1S/C23H24FN3O3/c24-20-4-2-1-3-19(20)21-15-25-23(30-21)10-9-22(28)26-18-7-5-17(6-8-18)16-27-11-13-29-14-12-27/h1-8,15H,9-14,16H2,(H,26,28). The van der Waals surface area contributed by atoms with Crippen LogP contribution in [0.4, 0.5) is 10.1 Å². The van der Waals surface area contributed by atoms with Crippen LogP contribution in [-0.4, -0.2) is 42.1 Å². The zero-order valence-corrected chi connectivity index (χ0v) is 16.6. The summed E-state index contributed by atoms with van der Waals surface area (Å²) in [6, 6.07) is 14.2. The molecule has 1 fully saturated rings. The van der Waals surface area contributed by atoms with Gasteiger partial charge in [-0.05, 0) is 29.8 Å². The molecule has 0 atom stereocenters. The van der Waals surface area contributed by atoms with Gasteiger partial charge < -0.3 is 14.5 Å². The number of amides is 1. The van der Waals surface area contributed by atoms with E-state index in [0.717, 1.165) is 38.5 Å². The average molecular weight is 409 g/mol. The van der Waals surface area contributed by atoms with Crippen molar-refractivity contribution in [1.82, 2.24) is 9.88 Å². The Hall–Kier alpha value is -3.03. The highest BCUT2D eigenvalue weighted by molar-refractivity contribution is 5.90. The summed E-state index contributed by atoms with van der Waals surface area (Å²) in [6.45, 7) is 4.32. The van der Waals surface area contributed by atoms with E-state index in [1.165, 1.54) is 17.8 Å². The lowest BCUT2D eigenvalue weighted by molar-refractivity contribution is -0.116. The molecule has 156 valence electrons. The number of halogens is 1. The van der Waals surface area contributed by atoms with Gasteiger partial charge in [-0.25, -0.2) is 9.37 Å². The number of morpholine rings is 1. The van der Waals surface area contributed by atoms with Crippen molar-refractivity contribution in [1.29, 1.82) is 0 Å². The summed E-state index contributed by atoms with van der Waals surface area (Å²) < 4.78 is 24.8. The van der Waals surface area contributed by atoms with Gasteiger partial charge in [0.1, 0.15) is 5.82 Å². The topological polar surface area (TPSA) is 67.6 Å². The maximum Gasteiger partial charge on any atom is 0.224 e. The summed E-state index contributed by atoms with van der Waals surface area (Å²) in [5.74, 6) is 0.278. The van der Waals surface area contributed by atoms with Crippen molar-refractivity contribution in [2.75, 3.05) is 31.6 Å². The molecule has 2 aromatic carbocycles. The number of anilines is 1. The number of ether oxygens (including phenoxy) is 1. The Kier molecular flexibility index (Phi) is 6.51. The summed E-state index contributed by atoms with van der Waals surface area (Å²) in [6.07, 6.45) is 2.06. The molecule has 6 nitrogen and oxygen atoms in total. The molecule has 1 saturated heterocycles. The smallest absolute Gasteiger partial charge is 0.224 e. The number of hydrogen-bond acceptors (Lipinski definition) is 5. The van der Waals surface area contributed by atoms with Crippen LogP contribution in [0.1, 0.15) is 17.9 Å². The maximum atomic E-state index is 13.8. The maximum absolute atomic E-state index is 13.8. The molecule has 2 heterocycles. The number of hydrogen-bond donors (Lipinski definition) is 1. The van der Waals surface area contributed by atoms with E-state index in [1.807, 2.05) is 24.3 Å². The van der Waals surface area contributed by atoms with Gasteiger partial charge in [-0.3, -0.25) is 9.69 Å². The summed E-state index contributed by atoms with van der Waals surface area (Å²) >= 11 is 0. The molecule has 1 amide bonds. The molecule has 0 spiro atoms. The normalized spacial score (nSPS) is 14.6. The molecule has 4 rings (SSSR count). The van der Waals surface area contributed by atoms with Gasteiger partial charge in [0.05, 0.1) is 25.0 Å². The largest absolute Gasteiger partial charge is 0.441 e. The van der Waals surface area contributed by atoms with Crippen molar-refractivity contribution in [2.24, 2.45) is 0 Å². The Morgan fingerprint density at radius 1 is 1.10 bits per heavy atom. The van der Waals surface area contributed by atoms with Crippen LogP contribution in [0.5, 0.6) is 0 Å². The van der Waals surface area contributed by atoms with E-state index in [4.69, 9.17) is 9.15 Å². The monoisotopic (exact) mass is 409 g/mol. The van der Waals surface area contributed by atoms with Gasteiger partial charge in [-0.2, -0.15) is 0 Å². The Morgan fingerprint density at radius 3 is 2.63 bits per heavy atom. The van der Waals surface area contributed by atoms with Crippen LogP contribution >= 0.6 is 0 Å². The number of rotatable bonds is 7. The third-order valence-corrected chi connectivity index (χ3v) is 5.01. The summed E-state index contributed by atoms with van der Waals surface area (Å²) in [5, 5.41) is 2.89. The third-order valence-electron chi connectivity index (χ3n) is 5.01. The lowest BCUT2D eigenvalue weighted by atomic mass is 10.2. The molecule has 0 radical (unpaired) electrons. The van der Waals surface area contributed by atoms with Gasteiger partial charge in [-0.1, -0.05) is 24.3 Å². The predicted molar refractivity (Wildman–Crippen MR) is 111 cm³/mol. The number of aromatic nitrogens is 1. The highest BCUT2D eigenvalue weighted by Gasteiger charge is 2.13. The van der Waals surface area contributed by atoms with E-state index in [1.54, 1.807) is 18.2 Å². The molecule has 0 aliphatic carbocycles. The zero-order chi connectivity index (χ0) is 20.8. The van der Waals surface area contributed by atoms with E-state index in [2.05, 4.69) is 15.2 Å². The summed E-state index contributed by atoms with van der Waals surface area (Å²) in [5.41, 5.74) is 2.32. The SMILES string of the molecule is O=C(CCc1ncc(-c2ccccc2F)o1)Nc1ccc(CN2CCOCC2)cc1. The van der Waals surface area contributed by atoms with Crippen LogP contribution in [0.15, 0.2) is 59.1 Å². The molecule has 3 aromatic rings. The molecular weight excluding hydrogens is 385 g/mol. The zero-order valence-electron chi connectivity index (χ0n) is 16.6. The number of carbonyl (C=O) groups excluding carboxylic acids is 1. The van der Waals surface area contributed by atoms with Crippen LogP contribution in [0.25, 0.3) is 11.3 Å². The highest BCUT2D eigenvalue weighted by Crippen LogP contribution is 2.23. The van der Waals surface area contributed by atoms with Crippen molar-refractivity contribution in [3.05, 3.63) is 72.0 Å². The molecule has 1 aliphatic rings. The Bertz CT molecular complexity index is 981. The minimum atomic E-state index is -0.366. The second kappa shape index (κ2) is 9.65. The molecule has 0 bridgehead atoms. The van der Waals surface area contributed by atoms with E-state index in [-0.39, 0.29) is 18.1 Å². The summed E-state index contributed by atoms with van der Waals surface area (Å²) in [7, 11) is 0. The van der Waals surface area contributed by atoms with Crippen molar-refractivity contribution >= 4 is 11.6 Å². The van der Waals surface area contributed by atoms with Crippen molar-refractivity contribution in [3.8, 4) is 11.3 Å². The fraction of sp³-hybridized carbons (Fsp3) is 0.304. The predicted octanol–water partition coefficient (Wildman–Crippen LogP) is 3.88. The Labute approximate surface area is 174 Å². The molecule has 7 heteroatoms. The van der Waals surface area contributed by atoms with E-state index >= 15 is 0 Å². The van der Waals surface area contributed by atoms with Crippen LogP contribution < -0.4 is 5.32 Å². The first kappa shape index (κ1) is 20.3. The van der Waals surface area contributed by atoms with Crippen molar-refractivity contribution in [3.63, 3.8) is 0 Å². The van der Waals surface area contributed by atoms with Crippen LogP contribution in [-0.2, 0) is 22.5 Å². The fourth-order valence-electron chi connectivity index (χ4n) is 3.37. The first-order valence-electron chi connectivity index (χ1n) is 10.1. The van der Waals surface area contributed by atoms with Gasteiger partial charge in [0.2, 0.25) is 5.91 Å². The van der Waals surface area contributed by atoms with E-state index < -0.39 is 0 Å². The Balaban J connectivity index is 1.26. The van der Waals surface area contributed by atoms with Crippen LogP contribution in [0.2, 0.25) is 0 Å².